The third kappa shape index (κ3) is 4.86. The van der Waals surface area contributed by atoms with Gasteiger partial charge in [-0.2, -0.15) is 0 Å². The minimum Gasteiger partial charge on any atom is -0.454 e. The summed E-state index contributed by atoms with van der Waals surface area (Å²) in [6, 6.07) is 17.0. The Labute approximate surface area is 184 Å². The Hall–Kier alpha value is -2.21. The third-order valence-electron chi connectivity index (χ3n) is 4.87. The molecule has 0 radical (unpaired) electrons. The molecule has 4 rings (SSSR count). The van der Waals surface area contributed by atoms with Gasteiger partial charge in [-0.3, -0.25) is 4.79 Å². The van der Waals surface area contributed by atoms with E-state index in [1.165, 1.54) is 11.3 Å². The van der Waals surface area contributed by atoms with Crippen LogP contribution in [0.3, 0.4) is 0 Å². The normalized spacial score (nSPS) is 14.6. The number of amides is 1. The first-order chi connectivity index (χ1) is 14.1. The molecule has 0 atom stereocenters. The van der Waals surface area contributed by atoms with E-state index in [4.69, 9.17) is 27.9 Å². The lowest BCUT2D eigenvalue weighted by molar-refractivity contribution is 0.0723. The second-order valence-electron chi connectivity index (χ2n) is 6.86. The molecule has 0 unspecified atom stereocenters. The molecule has 2 aromatic carbocycles. The standard InChI is InChI=1S/C22H20Cl2N2O2S/c23-15-7-8-19(17(24)14-15)28-20-5-2-1-4-18(20)25-16-9-11-26(12-10-16)22(27)21-6-3-13-29-21/h1-8,13-14,16,25H,9-12H2. The Kier molecular flexibility index (Phi) is 6.28. The predicted octanol–water partition coefficient (Wildman–Crippen LogP) is 6.56. The number of rotatable bonds is 5. The predicted molar refractivity (Wildman–Crippen MR) is 120 cm³/mol. The summed E-state index contributed by atoms with van der Waals surface area (Å²) in [6.45, 7) is 1.47. The van der Waals surface area contributed by atoms with E-state index in [1.807, 2.05) is 46.7 Å². The third-order valence-corrected chi connectivity index (χ3v) is 6.26. The van der Waals surface area contributed by atoms with E-state index >= 15 is 0 Å². The number of likely N-dealkylation sites (tertiary alicyclic amines) is 1. The van der Waals surface area contributed by atoms with Crippen LogP contribution in [0.15, 0.2) is 60.0 Å². The number of anilines is 1. The number of nitrogens with zero attached hydrogens (tertiary/aromatic N) is 1. The van der Waals surface area contributed by atoms with Gasteiger partial charge in [0.05, 0.1) is 15.6 Å². The highest BCUT2D eigenvalue weighted by Gasteiger charge is 2.24. The number of piperidine rings is 1. The van der Waals surface area contributed by atoms with Crippen LogP contribution >= 0.6 is 34.5 Å². The molecule has 1 fully saturated rings. The van der Waals surface area contributed by atoms with Crippen molar-refractivity contribution in [3.8, 4) is 11.5 Å². The van der Waals surface area contributed by atoms with Crippen molar-refractivity contribution in [2.24, 2.45) is 0 Å². The van der Waals surface area contributed by atoms with E-state index in [2.05, 4.69) is 5.32 Å². The van der Waals surface area contributed by atoms with Crippen molar-refractivity contribution in [2.45, 2.75) is 18.9 Å². The summed E-state index contributed by atoms with van der Waals surface area (Å²) in [5.41, 5.74) is 0.904. The molecular formula is C22H20Cl2N2O2S. The van der Waals surface area contributed by atoms with Crippen molar-refractivity contribution in [3.05, 3.63) is 74.9 Å². The number of carbonyl (C=O) groups excluding carboxylic acids is 1. The van der Waals surface area contributed by atoms with Crippen LogP contribution < -0.4 is 10.1 Å². The van der Waals surface area contributed by atoms with Crippen molar-refractivity contribution >= 4 is 46.1 Å². The maximum Gasteiger partial charge on any atom is 0.263 e. The van der Waals surface area contributed by atoms with Gasteiger partial charge in [-0.1, -0.05) is 41.4 Å². The van der Waals surface area contributed by atoms with E-state index in [9.17, 15) is 4.79 Å². The summed E-state index contributed by atoms with van der Waals surface area (Å²) in [5.74, 6) is 1.38. The second-order valence-corrected chi connectivity index (χ2v) is 8.65. The first-order valence-electron chi connectivity index (χ1n) is 9.41. The maximum absolute atomic E-state index is 12.5. The number of thiophene rings is 1. The molecule has 29 heavy (non-hydrogen) atoms. The molecule has 150 valence electrons. The first kappa shape index (κ1) is 20.1. The molecule has 1 aliphatic heterocycles. The van der Waals surface area contributed by atoms with Gasteiger partial charge >= 0.3 is 0 Å². The fourth-order valence-corrected chi connectivity index (χ4v) is 4.49. The number of ether oxygens (including phenoxy) is 1. The molecule has 1 amide bonds. The van der Waals surface area contributed by atoms with Crippen LogP contribution in [0.1, 0.15) is 22.5 Å². The number of carbonyl (C=O) groups is 1. The average Bonchev–Trinajstić information content (AvgIpc) is 3.26. The van der Waals surface area contributed by atoms with Crippen LogP contribution in [-0.2, 0) is 0 Å². The highest BCUT2D eigenvalue weighted by molar-refractivity contribution is 7.12. The number of benzene rings is 2. The molecule has 1 aliphatic rings. The molecule has 2 heterocycles. The monoisotopic (exact) mass is 446 g/mol. The molecule has 3 aromatic rings. The van der Waals surface area contributed by atoms with Crippen molar-refractivity contribution in [2.75, 3.05) is 18.4 Å². The maximum atomic E-state index is 12.5. The lowest BCUT2D eigenvalue weighted by Crippen LogP contribution is -2.42. The van der Waals surface area contributed by atoms with Gasteiger partial charge in [-0.25, -0.2) is 0 Å². The van der Waals surface area contributed by atoms with Crippen LogP contribution in [0.5, 0.6) is 11.5 Å². The van der Waals surface area contributed by atoms with Crippen LogP contribution in [0.4, 0.5) is 5.69 Å². The Morgan fingerprint density at radius 1 is 1.03 bits per heavy atom. The topological polar surface area (TPSA) is 41.6 Å². The molecule has 4 nitrogen and oxygen atoms in total. The summed E-state index contributed by atoms with van der Waals surface area (Å²) < 4.78 is 6.03. The summed E-state index contributed by atoms with van der Waals surface area (Å²) >= 11 is 13.7. The van der Waals surface area contributed by atoms with Crippen LogP contribution in [0, 0.1) is 0 Å². The first-order valence-corrected chi connectivity index (χ1v) is 11.0. The lowest BCUT2D eigenvalue weighted by Gasteiger charge is -2.33. The zero-order valence-corrected chi connectivity index (χ0v) is 17.9. The lowest BCUT2D eigenvalue weighted by atomic mass is 10.0. The van der Waals surface area contributed by atoms with E-state index in [-0.39, 0.29) is 11.9 Å². The molecular weight excluding hydrogens is 427 g/mol. The molecule has 0 saturated carbocycles. The average molecular weight is 447 g/mol. The fourth-order valence-electron chi connectivity index (χ4n) is 3.35. The Balaban J connectivity index is 1.40. The molecule has 0 bridgehead atoms. The van der Waals surface area contributed by atoms with Gasteiger partial charge in [0.15, 0.2) is 5.75 Å². The molecule has 1 aromatic heterocycles. The minimum absolute atomic E-state index is 0.125. The zero-order chi connectivity index (χ0) is 20.2. The summed E-state index contributed by atoms with van der Waals surface area (Å²) in [6.07, 6.45) is 1.76. The van der Waals surface area contributed by atoms with Crippen LogP contribution in [0.2, 0.25) is 10.0 Å². The van der Waals surface area contributed by atoms with Gasteiger partial charge in [-0.05, 0) is 54.6 Å². The number of hydrogen-bond acceptors (Lipinski definition) is 4. The number of hydrogen-bond donors (Lipinski definition) is 1. The van der Waals surface area contributed by atoms with Gasteiger partial charge in [0.2, 0.25) is 0 Å². The Bertz CT molecular complexity index is 986. The fraction of sp³-hybridized carbons (Fsp3) is 0.227. The highest BCUT2D eigenvalue weighted by Crippen LogP contribution is 2.35. The second kappa shape index (κ2) is 9.08. The summed E-state index contributed by atoms with van der Waals surface area (Å²) in [4.78, 5) is 15.2. The highest BCUT2D eigenvalue weighted by atomic mass is 35.5. The Morgan fingerprint density at radius 3 is 2.55 bits per heavy atom. The SMILES string of the molecule is O=C(c1cccs1)N1CCC(Nc2ccccc2Oc2ccc(Cl)cc2Cl)CC1. The van der Waals surface area contributed by atoms with Crippen LogP contribution in [0.25, 0.3) is 0 Å². The van der Waals surface area contributed by atoms with Crippen molar-refractivity contribution in [1.82, 2.24) is 4.90 Å². The van der Waals surface area contributed by atoms with E-state index in [0.29, 0.717) is 21.5 Å². The van der Waals surface area contributed by atoms with Crippen LogP contribution in [-0.4, -0.2) is 29.9 Å². The minimum atomic E-state index is 0.125. The number of halogens is 2. The van der Waals surface area contributed by atoms with E-state index in [0.717, 1.165) is 36.5 Å². The van der Waals surface area contributed by atoms with Gasteiger partial charge in [0.1, 0.15) is 5.75 Å². The van der Waals surface area contributed by atoms with Gasteiger partial charge in [-0.15, -0.1) is 11.3 Å². The summed E-state index contributed by atoms with van der Waals surface area (Å²) in [7, 11) is 0. The van der Waals surface area contributed by atoms with E-state index in [1.54, 1.807) is 18.2 Å². The molecule has 1 N–H and O–H groups in total. The number of para-hydroxylation sites is 2. The molecule has 0 spiro atoms. The quantitative estimate of drug-likeness (QED) is 0.481. The number of nitrogens with one attached hydrogen (secondary N) is 1. The smallest absolute Gasteiger partial charge is 0.263 e. The van der Waals surface area contributed by atoms with Gasteiger partial charge < -0.3 is 15.0 Å². The van der Waals surface area contributed by atoms with Crippen molar-refractivity contribution < 1.29 is 9.53 Å². The van der Waals surface area contributed by atoms with Crippen molar-refractivity contribution in [1.29, 1.82) is 0 Å². The molecule has 7 heteroatoms. The van der Waals surface area contributed by atoms with E-state index < -0.39 is 0 Å². The zero-order valence-electron chi connectivity index (χ0n) is 15.6. The largest absolute Gasteiger partial charge is 0.454 e. The van der Waals surface area contributed by atoms with Gasteiger partial charge in [0, 0.05) is 24.2 Å². The van der Waals surface area contributed by atoms with Gasteiger partial charge in [0.25, 0.3) is 5.91 Å². The Morgan fingerprint density at radius 2 is 1.83 bits per heavy atom. The van der Waals surface area contributed by atoms with Crippen molar-refractivity contribution in [3.63, 3.8) is 0 Å². The summed E-state index contributed by atoms with van der Waals surface area (Å²) in [5, 5.41) is 6.53. The molecule has 0 aliphatic carbocycles. The molecule has 1 saturated heterocycles.